The number of ether oxygens (including phenoxy) is 1. The Bertz CT molecular complexity index is 963. The molecule has 0 saturated carbocycles. The predicted octanol–water partition coefficient (Wildman–Crippen LogP) is 2.40. The summed E-state index contributed by atoms with van der Waals surface area (Å²) >= 11 is 0. The molecule has 0 unspecified atom stereocenters. The van der Waals surface area contributed by atoms with E-state index in [0.717, 1.165) is 48.7 Å². The number of aromatic nitrogens is 4. The molecule has 8 heteroatoms. The summed E-state index contributed by atoms with van der Waals surface area (Å²) in [6.45, 7) is 4.85. The van der Waals surface area contributed by atoms with Gasteiger partial charge in [0.05, 0.1) is 6.61 Å². The van der Waals surface area contributed by atoms with E-state index in [1.807, 2.05) is 55.3 Å². The smallest absolute Gasteiger partial charge is 0.225 e. The van der Waals surface area contributed by atoms with Gasteiger partial charge in [0, 0.05) is 32.6 Å². The van der Waals surface area contributed by atoms with Crippen LogP contribution in [0.25, 0.3) is 5.65 Å². The first-order valence-corrected chi connectivity index (χ1v) is 10.0. The van der Waals surface area contributed by atoms with E-state index in [4.69, 9.17) is 4.74 Å². The van der Waals surface area contributed by atoms with Crippen LogP contribution >= 0.6 is 0 Å². The molecule has 8 nitrogen and oxygen atoms in total. The van der Waals surface area contributed by atoms with E-state index in [1.54, 1.807) is 10.8 Å². The molecule has 29 heavy (non-hydrogen) atoms. The van der Waals surface area contributed by atoms with Crippen molar-refractivity contribution in [2.75, 3.05) is 31.6 Å². The topological polar surface area (TPSA) is 75.9 Å². The lowest BCUT2D eigenvalue weighted by atomic mass is 9.95. The highest BCUT2D eigenvalue weighted by Crippen LogP contribution is 2.24. The number of carbonyl (C=O) groups excluding carboxylic acids is 1. The summed E-state index contributed by atoms with van der Waals surface area (Å²) in [5, 5.41) is 12.4. The average Bonchev–Trinajstić information content (AvgIpc) is 3.23. The molecule has 1 saturated heterocycles. The number of hydrogen-bond donors (Lipinski definition) is 0. The van der Waals surface area contributed by atoms with Gasteiger partial charge in [0.2, 0.25) is 5.91 Å². The van der Waals surface area contributed by atoms with Crippen LogP contribution in [0.4, 0.5) is 5.82 Å². The van der Waals surface area contributed by atoms with E-state index >= 15 is 0 Å². The third-order valence-corrected chi connectivity index (χ3v) is 5.35. The molecule has 1 amide bonds. The fraction of sp³-hybridized carbons (Fsp3) is 0.429. The Hall–Kier alpha value is -3.16. The van der Waals surface area contributed by atoms with Gasteiger partial charge in [-0.05, 0) is 49.6 Å². The Labute approximate surface area is 170 Å². The molecule has 0 spiro atoms. The van der Waals surface area contributed by atoms with Crippen molar-refractivity contribution in [3.8, 4) is 5.75 Å². The molecule has 3 heterocycles. The number of nitrogens with zero attached hydrogens (tertiary/aromatic N) is 6. The second-order valence-corrected chi connectivity index (χ2v) is 7.36. The lowest BCUT2D eigenvalue weighted by molar-refractivity contribution is -0.135. The quantitative estimate of drug-likeness (QED) is 0.639. The Morgan fingerprint density at radius 2 is 1.93 bits per heavy atom. The average molecular weight is 394 g/mol. The summed E-state index contributed by atoms with van der Waals surface area (Å²) in [5.41, 5.74) is 1.84. The molecule has 0 aliphatic carbocycles. The monoisotopic (exact) mass is 394 g/mol. The van der Waals surface area contributed by atoms with E-state index < -0.39 is 0 Å². The highest BCUT2D eigenvalue weighted by atomic mass is 16.5. The Morgan fingerprint density at radius 1 is 1.17 bits per heavy atom. The molecule has 1 fully saturated rings. The third kappa shape index (κ3) is 4.31. The van der Waals surface area contributed by atoms with Crippen molar-refractivity contribution in [2.45, 2.75) is 26.3 Å². The van der Waals surface area contributed by atoms with Crippen LogP contribution in [-0.4, -0.2) is 57.4 Å². The van der Waals surface area contributed by atoms with Gasteiger partial charge in [0.1, 0.15) is 17.9 Å². The van der Waals surface area contributed by atoms with Gasteiger partial charge in [0.25, 0.3) is 0 Å². The van der Waals surface area contributed by atoms with E-state index in [2.05, 4.69) is 20.2 Å². The lowest BCUT2D eigenvalue weighted by Crippen LogP contribution is -2.41. The van der Waals surface area contributed by atoms with Gasteiger partial charge in [-0.15, -0.1) is 15.3 Å². The maximum Gasteiger partial charge on any atom is 0.225 e. The van der Waals surface area contributed by atoms with Gasteiger partial charge in [0.15, 0.2) is 5.65 Å². The van der Waals surface area contributed by atoms with Crippen molar-refractivity contribution >= 4 is 17.4 Å². The molecule has 0 bridgehead atoms. The second-order valence-electron chi connectivity index (χ2n) is 7.36. The molecule has 1 aliphatic heterocycles. The summed E-state index contributed by atoms with van der Waals surface area (Å²) in [7, 11) is 1.88. The van der Waals surface area contributed by atoms with Crippen LogP contribution in [-0.2, 0) is 11.3 Å². The van der Waals surface area contributed by atoms with E-state index in [1.165, 1.54) is 0 Å². The lowest BCUT2D eigenvalue weighted by Gasteiger charge is -2.33. The van der Waals surface area contributed by atoms with Crippen molar-refractivity contribution < 1.29 is 9.53 Å². The molecule has 1 aliphatic rings. The number of carbonyl (C=O) groups is 1. The summed E-state index contributed by atoms with van der Waals surface area (Å²) in [6, 6.07) is 11.8. The Kier molecular flexibility index (Phi) is 5.59. The number of anilines is 1. The van der Waals surface area contributed by atoms with Crippen LogP contribution < -0.4 is 9.64 Å². The molecule has 0 N–H and O–H groups in total. The molecule has 3 aromatic rings. The van der Waals surface area contributed by atoms with Gasteiger partial charge in [-0.2, -0.15) is 4.52 Å². The number of amides is 1. The summed E-state index contributed by atoms with van der Waals surface area (Å²) in [4.78, 5) is 17.0. The largest absolute Gasteiger partial charge is 0.494 e. The van der Waals surface area contributed by atoms with Gasteiger partial charge in [-0.25, -0.2) is 0 Å². The molecule has 4 rings (SSSR count). The number of piperidine rings is 1. The van der Waals surface area contributed by atoms with Crippen LogP contribution in [0.15, 0.2) is 42.7 Å². The zero-order valence-electron chi connectivity index (χ0n) is 16.9. The fourth-order valence-electron chi connectivity index (χ4n) is 3.76. The van der Waals surface area contributed by atoms with Crippen molar-refractivity contribution in [1.82, 2.24) is 24.7 Å². The molecular formula is C21H26N6O2. The van der Waals surface area contributed by atoms with Crippen molar-refractivity contribution in [1.29, 1.82) is 0 Å². The van der Waals surface area contributed by atoms with Crippen LogP contribution in [0.1, 0.15) is 25.3 Å². The number of rotatable bonds is 6. The Balaban J connectivity index is 1.31. The summed E-state index contributed by atoms with van der Waals surface area (Å²) in [5.74, 6) is 2.01. The number of hydrogen-bond acceptors (Lipinski definition) is 6. The molecule has 152 valence electrons. The van der Waals surface area contributed by atoms with Gasteiger partial charge < -0.3 is 14.5 Å². The maximum absolute atomic E-state index is 12.9. The van der Waals surface area contributed by atoms with Crippen molar-refractivity contribution in [3.05, 3.63) is 48.3 Å². The Morgan fingerprint density at radius 3 is 2.66 bits per heavy atom. The predicted molar refractivity (Wildman–Crippen MR) is 110 cm³/mol. The molecule has 1 aromatic carbocycles. The second kappa shape index (κ2) is 8.46. The first kappa shape index (κ1) is 19.2. The minimum absolute atomic E-state index is 0.0533. The highest BCUT2D eigenvalue weighted by Gasteiger charge is 2.28. The fourth-order valence-corrected chi connectivity index (χ4v) is 3.76. The SMILES string of the molecule is CCOc1ccc(CN(C)C(=O)C2CCN(c3ccc4nncn4n3)CC2)cc1. The van der Waals surface area contributed by atoms with Crippen molar-refractivity contribution in [3.63, 3.8) is 0 Å². The minimum Gasteiger partial charge on any atom is -0.494 e. The zero-order chi connectivity index (χ0) is 20.2. The van der Waals surface area contributed by atoms with E-state index in [-0.39, 0.29) is 11.8 Å². The maximum atomic E-state index is 12.9. The van der Waals surface area contributed by atoms with E-state index in [0.29, 0.717) is 13.2 Å². The normalized spacial score (nSPS) is 14.9. The first-order valence-electron chi connectivity index (χ1n) is 10.0. The van der Waals surface area contributed by atoms with Crippen LogP contribution in [0.5, 0.6) is 5.75 Å². The summed E-state index contributed by atoms with van der Waals surface area (Å²) < 4.78 is 7.15. The number of fused-ring (bicyclic) bond motifs is 1. The molecule has 2 aromatic heterocycles. The standard InChI is InChI=1S/C21H26N6O2/c1-3-29-18-6-4-16(5-7-18)14-25(2)21(28)17-10-12-26(13-11-17)20-9-8-19-23-22-15-27(19)24-20/h4-9,15,17H,3,10-14H2,1-2H3. The first-order chi connectivity index (χ1) is 14.1. The van der Waals surface area contributed by atoms with E-state index in [9.17, 15) is 4.79 Å². The van der Waals surface area contributed by atoms with Gasteiger partial charge in [-0.3, -0.25) is 4.79 Å². The highest BCUT2D eigenvalue weighted by molar-refractivity contribution is 5.79. The zero-order valence-corrected chi connectivity index (χ0v) is 16.9. The molecular weight excluding hydrogens is 368 g/mol. The van der Waals surface area contributed by atoms with Crippen LogP contribution in [0.2, 0.25) is 0 Å². The van der Waals surface area contributed by atoms with Gasteiger partial charge in [-0.1, -0.05) is 12.1 Å². The van der Waals surface area contributed by atoms with Gasteiger partial charge >= 0.3 is 0 Å². The third-order valence-electron chi connectivity index (χ3n) is 5.35. The van der Waals surface area contributed by atoms with Crippen LogP contribution in [0.3, 0.4) is 0 Å². The number of benzene rings is 1. The molecule has 0 atom stereocenters. The minimum atomic E-state index is 0.0533. The molecule has 0 radical (unpaired) electrons. The summed E-state index contributed by atoms with van der Waals surface area (Å²) in [6.07, 6.45) is 3.26. The van der Waals surface area contributed by atoms with Crippen molar-refractivity contribution in [2.24, 2.45) is 5.92 Å². The van der Waals surface area contributed by atoms with Crippen LogP contribution in [0, 0.1) is 5.92 Å².